The molecular formula is C6H9NO2S. The zero-order valence-electron chi connectivity index (χ0n) is 5.79. The van der Waals surface area contributed by atoms with Crippen molar-refractivity contribution in [2.45, 2.75) is 6.92 Å². The standard InChI is InChI=1S/C6H9NO2S/c1-5(9-8)7-3-4-10-6(7)2/h1,3-4H2,2H3. The first-order valence-electron chi connectivity index (χ1n) is 2.98. The Balaban J connectivity index is 2.71. The molecule has 1 heterocycles. The third kappa shape index (κ3) is 1.33. The molecule has 10 heavy (non-hydrogen) atoms. The second-order valence-corrected chi connectivity index (χ2v) is 3.28. The highest BCUT2D eigenvalue weighted by molar-refractivity contribution is 8.13. The lowest BCUT2D eigenvalue weighted by molar-refractivity contribution is -0.721. The van der Waals surface area contributed by atoms with E-state index in [4.69, 9.17) is 0 Å². The van der Waals surface area contributed by atoms with Crippen LogP contribution in [0.15, 0.2) is 12.5 Å². The van der Waals surface area contributed by atoms with E-state index in [0.717, 1.165) is 17.3 Å². The van der Waals surface area contributed by atoms with E-state index in [2.05, 4.69) is 11.5 Å². The first-order valence-corrected chi connectivity index (χ1v) is 3.97. The minimum Gasteiger partial charge on any atom is -0.659 e. The number of hydrogen-bond donors (Lipinski definition) is 0. The Labute approximate surface area is 63.9 Å². The average molecular weight is 159 g/mol. The summed E-state index contributed by atoms with van der Waals surface area (Å²) in [6, 6.07) is 0. The Morgan fingerprint density at radius 3 is 3.00 bits per heavy atom. The van der Waals surface area contributed by atoms with Crippen LogP contribution in [0, 0.1) is 0 Å². The highest BCUT2D eigenvalue weighted by Crippen LogP contribution is 2.13. The highest BCUT2D eigenvalue weighted by atomic mass is 32.2. The van der Waals surface area contributed by atoms with Crippen LogP contribution in [0.3, 0.4) is 0 Å². The normalized spacial score (nSPS) is 17.8. The highest BCUT2D eigenvalue weighted by Gasteiger charge is 2.21. The molecule has 0 aromatic heterocycles. The second-order valence-electron chi connectivity index (χ2n) is 2.00. The van der Waals surface area contributed by atoms with Gasteiger partial charge < -0.3 is 10.1 Å². The molecule has 4 heteroatoms. The zero-order chi connectivity index (χ0) is 7.56. The van der Waals surface area contributed by atoms with E-state index in [-0.39, 0.29) is 5.88 Å². The van der Waals surface area contributed by atoms with Crippen molar-refractivity contribution in [1.29, 1.82) is 0 Å². The molecule has 0 aromatic carbocycles. The van der Waals surface area contributed by atoms with E-state index in [1.807, 2.05) is 6.92 Å². The maximum absolute atomic E-state index is 9.90. The van der Waals surface area contributed by atoms with Gasteiger partial charge in [-0.05, 0) is 0 Å². The molecule has 3 nitrogen and oxygen atoms in total. The van der Waals surface area contributed by atoms with Gasteiger partial charge in [0, 0.05) is 13.5 Å². The van der Waals surface area contributed by atoms with Crippen molar-refractivity contribution in [3.05, 3.63) is 12.5 Å². The summed E-state index contributed by atoms with van der Waals surface area (Å²) in [7, 11) is 0. The number of rotatable bonds is 2. The van der Waals surface area contributed by atoms with Crippen molar-refractivity contribution >= 4 is 16.8 Å². The summed E-state index contributed by atoms with van der Waals surface area (Å²) in [5.74, 6) is 1.20. The van der Waals surface area contributed by atoms with Gasteiger partial charge in [-0.15, -0.1) is 0 Å². The summed E-state index contributed by atoms with van der Waals surface area (Å²) in [6.07, 6.45) is 0. The Kier molecular flexibility index (Phi) is 2.34. The maximum Gasteiger partial charge on any atom is 0.355 e. The molecular weight excluding hydrogens is 150 g/mol. The van der Waals surface area contributed by atoms with Gasteiger partial charge in [0.2, 0.25) is 5.04 Å². The Morgan fingerprint density at radius 1 is 1.90 bits per heavy atom. The van der Waals surface area contributed by atoms with E-state index < -0.39 is 0 Å². The van der Waals surface area contributed by atoms with Gasteiger partial charge in [-0.2, -0.15) is 4.58 Å². The summed E-state index contributed by atoms with van der Waals surface area (Å²) in [6.45, 7) is 6.24. The average Bonchev–Trinajstić information content (AvgIpc) is 2.34. The molecule has 0 spiro atoms. The van der Waals surface area contributed by atoms with E-state index in [1.54, 1.807) is 16.3 Å². The molecule has 1 aliphatic rings. The third-order valence-electron chi connectivity index (χ3n) is 1.40. The van der Waals surface area contributed by atoms with Crippen LogP contribution >= 0.6 is 11.8 Å². The summed E-state index contributed by atoms with van der Waals surface area (Å²) >= 11 is 1.71. The first-order chi connectivity index (χ1) is 4.75. The number of hydrogen-bond acceptors (Lipinski definition) is 3. The van der Waals surface area contributed by atoms with Crippen LogP contribution in [-0.4, -0.2) is 21.9 Å². The lowest BCUT2D eigenvalue weighted by Gasteiger charge is -2.05. The van der Waals surface area contributed by atoms with Crippen LogP contribution in [0.2, 0.25) is 0 Å². The monoisotopic (exact) mass is 159 g/mol. The second kappa shape index (κ2) is 3.07. The summed E-state index contributed by atoms with van der Waals surface area (Å²) in [5.41, 5.74) is 0. The van der Waals surface area contributed by atoms with Crippen LogP contribution in [0.1, 0.15) is 6.92 Å². The molecule has 0 fully saturated rings. The molecule has 0 N–H and O–H groups in total. The largest absolute Gasteiger partial charge is 0.659 e. The van der Waals surface area contributed by atoms with E-state index >= 15 is 0 Å². The number of nitrogens with zero attached hydrogens (tertiary/aromatic N) is 1. The fourth-order valence-electron chi connectivity index (χ4n) is 0.865. The smallest absolute Gasteiger partial charge is 0.355 e. The molecule has 0 bridgehead atoms. The van der Waals surface area contributed by atoms with Gasteiger partial charge in [0.1, 0.15) is 0 Å². The summed E-state index contributed by atoms with van der Waals surface area (Å²) in [4.78, 5) is 3.75. The van der Waals surface area contributed by atoms with Crippen molar-refractivity contribution in [1.82, 2.24) is 0 Å². The van der Waals surface area contributed by atoms with Gasteiger partial charge in [0.25, 0.3) is 0 Å². The number of thioether (sulfide) groups is 1. The molecule has 0 aliphatic carbocycles. The minimum absolute atomic E-state index is 0.197. The van der Waals surface area contributed by atoms with Crippen LogP contribution < -0.4 is 5.26 Å². The summed E-state index contributed by atoms with van der Waals surface area (Å²) in [5, 5.41) is 11.0. The van der Waals surface area contributed by atoms with Gasteiger partial charge in [-0.3, -0.25) is 0 Å². The van der Waals surface area contributed by atoms with Crippen molar-refractivity contribution in [3.63, 3.8) is 0 Å². The van der Waals surface area contributed by atoms with Crippen molar-refractivity contribution in [3.8, 4) is 0 Å². The maximum atomic E-state index is 9.90. The molecule has 0 saturated carbocycles. The van der Waals surface area contributed by atoms with Gasteiger partial charge in [-0.1, -0.05) is 11.8 Å². The van der Waals surface area contributed by atoms with Gasteiger partial charge >= 0.3 is 5.88 Å². The van der Waals surface area contributed by atoms with E-state index in [0.29, 0.717) is 0 Å². The molecule has 1 rings (SSSR count). The zero-order valence-corrected chi connectivity index (χ0v) is 6.61. The molecule has 0 unspecified atom stereocenters. The fourth-order valence-corrected chi connectivity index (χ4v) is 1.78. The van der Waals surface area contributed by atoms with Gasteiger partial charge in [-0.25, -0.2) is 0 Å². The SMILES string of the molecule is C=C(O[O-])[N+]1=C(C)SCC1. The lowest BCUT2D eigenvalue weighted by atomic mass is 10.6. The van der Waals surface area contributed by atoms with Crippen molar-refractivity contribution < 1.29 is 14.7 Å². The lowest BCUT2D eigenvalue weighted by Crippen LogP contribution is -2.18. The molecule has 0 radical (unpaired) electrons. The predicted molar refractivity (Wildman–Crippen MR) is 38.5 cm³/mol. The van der Waals surface area contributed by atoms with Crippen molar-refractivity contribution in [2.75, 3.05) is 12.3 Å². The van der Waals surface area contributed by atoms with Gasteiger partial charge in [0.15, 0.2) is 6.54 Å². The molecule has 0 saturated heterocycles. The molecule has 1 aliphatic heterocycles. The topological polar surface area (TPSA) is 35.3 Å². The van der Waals surface area contributed by atoms with Gasteiger partial charge in [0.05, 0.1) is 5.75 Å². The first kappa shape index (κ1) is 7.63. The van der Waals surface area contributed by atoms with Crippen LogP contribution in [0.5, 0.6) is 0 Å². The van der Waals surface area contributed by atoms with E-state index in [1.165, 1.54) is 0 Å². The summed E-state index contributed by atoms with van der Waals surface area (Å²) < 4.78 is 1.78. The molecule has 0 amide bonds. The Bertz CT molecular complexity index is 188. The molecule has 0 aromatic rings. The molecule has 0 atom stereocenters. The third-order valence-corrected chi connectivity index (χ3v) is 2.43. The minimum atomic E-state index is 0.197. The van der Waals surface area contributed by atoms with Crippen molar-refractivity contribution in [2.24, 2.45) is 0 Å². The Morgan fingerprint density at radius 2 is 2.60 bits per heavy atom. The van der Waals surface area contributed by atoms with Crippen LogP contribution in [0.4, 0.5) is 0 Å². The van der Waals surface area contributed by atoms with Crippen LogP contribution in [0.25, 0.3) is 0 Å². The molecule has 56 valence electrons. The Hall–Kier alpha value is -0.480. The van der Waals surface area contributed by atoms with E-state index in [9.17, 15) is 5.26 Å². The quantitative estimate of drug-likeness (QED) is 0.245. The fraction of sp³-hybridized carbons (Fsp3) is 0.500. The predicted octanol–water partition coefficient (Wildman–Crippen LogP) is -0.0728. The van der Waals surface area contributed by atoms with Crippen LogP contribution in [-0.2, 0) is 4.89 Å².